The highest BCUT2D eigenvalue weighted by Gasteiger charge is 2.20. The number of nitrogens with zero attached hydrogens (tertiary/aromatic N) is 1. The van der Waals surface area contributed by atoms with Gasteiger partial charge in [-0.15, -0.1) is 11.3 Å². The molecule has 9 rings (SSSR count). The average Bonchev–Trinajstić information content (AvgIpc) is 3.52. The van der Waals surface area contributed by atoms with Gasteiger partial charge in [0.05, 0.1) is 11.4 Å². The van der Waals surface area contributed by atoms with Crippen molar-refractivity contribution < 1.29 is 5.11 Å². The van der Waals surface area contributed by atoms with Crippen molar-refractivity contribution in [2.24, 2.45) is 0 Å². The maximum Gasteiger partial charge on any atom is 0.146 e. The van der Waals surface area contributed by atoms with Crippen LogP contribution in [-0.2, 0) is 0 Å². The van der Waals surface area contributed by atoms with E-state index in [2.05, 4.69) is 138 Å². The third kappa shape index (κ3) is 4.57. The summed E-state index contributed by atoms with van der Waals surface area (Å²) in [5.41, 5.74) is 14.3. The van der Waals surface area contributed by atoms with Crippen LogP contribution < -0.4 is 10.6 Å². The van der Waals surface area contributed by atoms with E-state index in [0.717, 1.165) is 60.9 Å². The Morgan fingerprint density at radius 3 is 1.98 bits per heavy atom. The number of thiophene rings is 1. The van der Waals surface area contributed by atoms with E-state index in [1.54, 1.807) is 0 Å². The summed E-state index contributed by atoms with van der Waals surface area (Å²) >= 11 is 1.83. The van der Waals surface area contributed by atoms with Crippen molar-refractivity contribution in [3.05, 3.63) is 164 Å². The maximum atomic E-state index is 11.0. The molecule has 0 unspecified atom stereocenters. The summed E-state index contributed by atoms with van der Waals surface area (Å²) in [4.78, 5) is 2.36. The number of fused-ring (bicyclic) bond motifs is 6. The van der Waals surface area contributed by atoms with Gasteiger partial charge in [-0.2, -0.15) is 0 Å². The van der Waals surface area contributed by atoms with Crippen LogP contribution in [0.5, 0.6) is 5.75 Å². The summed E-state index contributed by atoms with van der Waals surface area (Å²) in [6.45, 7) is 0. The monoisotopic (exact) mass is 634 g/mol. The molecule has 0 spiro atoms. The minimum absolute atomic E-state index is 0.122. The maximum absolute atomic E-state index is 11.0. The van der Waals surface area contributed by atoms with Crippen molar-refractivity contribution in [2.75, 3.05) is 10.6 Å². The quantitative estimate of drug-likeness (QED) is 0.112. The molecule has 0 atom stereocenters. The molecule has 0 aliphatic rings. The minimum Gasteiger partial charge on any atom is -0.505 e. The van der Waals surface area contributed by atoms with E-state index in [0.29, 0.717) is 5.69 Å². The summed E-state index contributed by atoms with van der Waals surface area (Å²) < 4.78 is 2.54. The van der Waals surface area contributed by atoms with Crippen molar-refractivity contribution in [3.63, 3.8) is 0 Å². The highest BCUT2D eigenvalue weighted by molar-refractivity contribution is 7.25. The Balaban J connectivity index is 1.24. The molecule has 0 fully saturated rings. The number of benzene rings is 8. The molecule has 3 N–H and O–H groups in total. The second-order valence-corrected chi connectivity index (χ2v) is 13.2. The number of phenolic OH excluding ortho intramolecular Hbond substituents is 1. The lowest BCUT2D eigenvalue weighted by Crippen LogP contribution is -2.11. The van der Waals surface area contributed by atoms with Gasteiger partial charge in [0, 0.05) is 47.9 Å². The summed E-state index contributed by atoms with van der Waals surface area (Å²) in [6, 6.07) is 57.5. The van der Waals surface area contributed by atoms with Gasteiger partial charge in [0.1, 0.15) is 5.75 Å². The second kappa shape index (κ2) is 11.3. The van der Waals surface area contributed by atoms with Crippen LogP contribution in [0.2, 0.25) is 0 Å². The number of hydrogen-bond acceptors (Lipinski definition) is 4. The first-order valence-corrected chi connectivity index (χ1v) is 16.8. The van der Waals surface area contributed by atoms with Gasteiger partial charge in [0.25, 0.3) is 0 Å². The number of phenols is 1. The average molecular weight is 635 g/mol. The van der Waals surface area contributed by atoms with E-state index in [1.807, 2.05) is 41.7 Å². The van der Waals surface area contributed by atoms with Gasteiger partial charge >= 0.3 is 0 Å². The summed E-state index contributed by atoms with van der Waals surface area (Å²) in [7, 11) is 0. The number of rotatable bonds is 5. The zero-order valence-corrected chi connectivity index (χ0v) is 26.8. The van der Waals surface area contributed by atoms with E-state index < -0.39 is 0 Å². The topological polar surface area (TPSA) is 49.5 Å². The number of nitrogen functional groups attached to an aromatic ring is 1. The molecule has 0 radical (unpaired) electrons. The largest absolute Gasteiger partial charge is 0.505 e. The van der Waals surface area contributed by atoms with Gasteiger partial charge in [-0.3, -0.25) is 0 Å². The van der Waals surface area contributed by atoms with Gasteiger partial charge in [0.15, 0.2) is 0 Å². The molecule has 228 valence electrons. The van der Waals surface area contributed by atoms with Crippen LogP contribution in [0.25, 0.3) is 64.0 Å². The smallest absolute Gasteiger partial charge is 0.146 e. The molecule has 8 aromatic carbocycles. The van der Waals surface area contributed by atoms with Crippen LogP contribution in [0.15, 0.2) is 164 Å². The predicted molar refractivity (Wildman–Crippen MR) is 206 cm³/mol. The van der Waals surface area contributed by atoms with Crippen molar-refractivity contribution >= 4 is 75.8 Å². The van der Waals surface area contributed by atoms with Gasteiger partial charge in [-0.25, -0.2) is 0 Å². The van der Waals surface area contributed by atoms with Crippen molar-refractivity contribution in [1.82, 2.24) is 0 Å². The van der Waals surface area contributed by atoms with E-state index in [1.165, 1.54) is 20.2 Å². The molecule has 1 heterocycles. The first-order chi connectivity index (χ1) is 23.6. The van der Waals surface area contributed by atoms with Crippen molar-refractivity contribution in [3.8, 4) is 28.0 Å². The fourth-order valence-corrected chi connectivity index (χ4v) is 8.18. The Morgan fingerprint density at radius 2 is 1.12 bits per heavy atom. The van der Waals surface area contributed by atoms with E-state index in [4.69, 9.17) is 5.73 Å². The fourth-order valence-electron chi connectivity index (χ4n) is 7.04. The zero-order chi connectivity index (χ0) is 32.2. The minimum atomic E-state index is 0.122. The Labute approximate surface area is 282 Å². The van der Waals surface area contributed by atoms with Gasteiger partial charge in [0.2, 0.25) is 0 Å². The lowest BCUT2D eigenvalue weighted by molar-refractivity contribution is 0.484. The molecule has 9 aromatic rings. The third-order valence-electron chi connectivity index (χ3n) is 9.31. The molecule has 48 heavy (non-hydrogen) atoms. The van der Waals surface area contributed by atoms with Crippen LogP contribution in [-0.4, -0.2) is 5.11 Å². The molecule has 0 aliphatic heterocycles. The number of nitrogens with two attached hydrogens (primary N) is 1. The SMILES string of the molecule is Nc1cc(-c2ccc(N(c3ccc4c(c3)sc3ccccc34)c3ccccc3-c3ccccc3)cc2)c2c(ccc3ccccc32)c1O. The molecule has 1 aromatic heterocycles. The number of hydrogen-bond donors (Lipinski definition) is 2. The Kier molecular flexibility index (Phi) is 6.63. The number of aromatic hydroxyl groups is 1. The van der Waals surface area contributed by atoms with Gasteiger partial charge < -0.3 is 15.7 Å². The van der Waals surface area contributed by atoms with Crippen LogP contribution in [0.3, 0.4) is 0 Å². The van der Waals surface area contributed by atoms with Crippen LogP contribution >= 0.6 is 11.3 Å². The first-order valence-electron chi connectivity index (χ1n) is 16.0. The third-order valence-corrected chi connectivity index (χ3v) is 10.4. The number of para-hydroxylation sites is 1. The fraction of sp³-hybridized carbons (Fsp3) is 0. The molecular formula is C44H30N2OS. The van der Waals surface area contributed by atoms with E-state index in [-0.39, 0.29) is 5.75 Å². The predicted octanol–water partition coefficient (Wildman–Crippen LogP) is 12.5. The summed E-state index contributed by atoms with van der Waals surface area (Å²) in [5.74, 6) is 0.122. The second-order valence-electron chi connectivity index (χ2n) is 12.1. The molecule has 0 aliphatic carbocycles. The Hall–Kier alpha value is -6.10. The summed E-state index contributed by atoms with van der Waals surface area (Å²) in [6.07, 6.45) is 0. The highest BCUT2D eigenvalue weighted by atomic mass is 32.1. The lowest BCUT2D eigenvalue weighted by Gasteiger charge is -2.28. The molecule has 0 bridgehead atoms. The van der Waals surface area contributed by atoms with Crippen LogP contribution in [0.1, 0.15) is 0 Å². The van der Waals surface area contributed by atoms with Crippen molar-refractivity contribution in [1.29, 1.82) is 0 Å². The number of anilines is 4. The Bertz CT molecular complexity index is 2640. The van der Waals surface area contributed by atoms with E-state index >= 15 is 0 Å². The molecular weight excluding hydrogens is 605 g/mol. The Morgan fingerprint density at radius 1 is 0.479 bits per heavy atom. The van der Waals surface area contributed by atoms with Gasteiger partial charge in [-0.05, 0) is 76.0 Å². The summed E-state index contributed by atoms with van der Waals surface area (Å²) in [5, 5.41) is 17.5. The molecule has 0 saturated carbocycles. The van der Waals surface area contributed by atoms with Crippen LogP contribution in [0, 0.1) is 0 Å². The zero-order valence-electron chi connectivity index (χ0n) is 26.0. The first kappa shape index (κ1) is 28.1. The van der Waals surface area contributed by atoms with Crippen molar-refractivity contribution in [2.45, 2.75) is 0 Å². The lowest BCUT2D eigenvalue weighted by atomic mass is 9.92. The normalized spacial score (nSPS) is 11.5. The molecule has 3 nitrogen and oxygen atoms in total. The highest BCUT2D eigenvalue weighted by Crippen LogP contribution is 2.46. The van der Waals surface area contributed by atoms with Crippen LogP contribution in [0.4, 0.5) is 22.7 Å². The van der Waals surface area contributed by atoms with Gasteiger partial charge in [-0.1, -0.05) is 115 Å². The molecule has 0 saturated heterocycles. The van der Waals surface area contributed by atoms with E-state index in [9.17, 15) is 5.11 Å². The molecule has 0 amide bonds. The molecule has 4 heteroatoms. The standard InChI is InChI=1S/C44H30N2OS/c45-39-27-38(43-34-14-5-4-12-29(34)20-24-37(43)44(39)47)30-18-21-31(22-19-30)46(40-16-8-6-13-33(40)28-10-2-1-3-11-28)32-23-25-36-35-15-7-9-17-41(35)48-42(36)26-32/h1-27,47H,45H2.